The van der Waals surface area contributed by atoms with Crippen LogP contribution in [0.25, 0.3) is 0 Å². The smallest absolute Gasteiger partial charge is 0.134 e. The molecule has 2 atom stereocenters. The van der Waals surface area contributed by atoms with Gasteiger partial charge in [-0.3, -0.25) is 0 Å². The molecule has 94 valence electrons. The molecule has 3 heteroatoms. The molecule has 1 unspecified atom stereocenters. The first-order valence-corrected chi connectivity index (χ1v) is 6.60. The Labute approximate surface area is 103 Å². The van der Waals surface area contributed by atoms with Crippen LogP contribution in [0.3, 0.4) is 0 Å². The molecule has 1 N–H and O–H groups in total. The molecular formula is C14H22N2O. The summed E-state index contributed by atoms with van der Waals surface area (Å²) in [6.45, 7) is 6.21. The Bertz CT molecular complexity index is 365. The molecule has 3 nitrogen and oxygen atoms in total. The Balaban J connectivity index is 2.13. The lowest BCUT2D eigenvalue weighted by molar-refractivity contribution is 0.199. The van der Waals surface area contributed by atoms with Gasteiger partial charge in [-0.15, -0.1) is 0 Å². The van der Waals surface area contributed by atoms with E-state index in [0.29, 0.717) is 0 Å². The predicted molar refractivity (Wildman–Crippen MR) is 70.1 cm³/mol. The monoisotopic (exact) mass is 234 g/mol. The molecule has 0 bridgehead atoms. The van der Waals surface area contributed by atoms with Gasteiger partial charge in [-0.05, 0) is 31.7 Å². The minimum Gasteiger partial charge on any atom is -0.389 e. The molecule has 1 aliphatic heterocycles. The van der Waals surface area contributed by atoms with E-state index in [4.69, 9.17) is 0 Å². The van der Waals surface area contributed by atoms with E-state index in [1.54, 1.807) is 6.92 Å². The van der Waals surface area contributed by atoms with E-state index in [-0.39, 0.29) is 0 Å². The van der Waals surface area contributed by atoms with Gasteiger partial charge in [-0.1, -0.05) is 19.4 Å². The largest absolute Gasteiger partial charge is 0.389 e. The van der Waals surface area contributed by atoms with Crippen LogP contribution in [0.1, 0.15) is 44.8 Å². The van der Waals surface area contributed by atoms with Crippen molar-refractivity contribution in [2.24, 2.45) is 5.92 Å². The van der Waals surface area contributed by atoms with Gasteiger partial charge < -0.3 is 10.0 Å². The van der Waals surface area contributed by atoms with Crippen molar-refractivity contribution in [1.29, 1.82) is 0 Å². The highest BCUT2D eigenvalue weighted by Crippen LogP contribution is 2.29. The highest BCUT2D eigenvalue weighted by Gasteiger charge is 2.25. The maximum absolute atomic E-state index is 9.77. The van der Waals surface area contributed by atoms with Crippen molar-refractivity contribution in [3.63, 3.8) is 0 Å². The van der Waals surface area contributed by atoms with Crippen LogP contribution in [0.5, 0.6) is 0 Å². The number of aromatic nitrogens is 1. The summed E-state index contributed by atoms with van der Waals surface area (Å²) in [6.07, 6.45) is 5.18. The second-order valence-electron chi connectivity index (χ2n) is 4.98. The number of pyridine rings is 1. The molecule has 1 aromatic heterocycles. The SMILES string of the molecule is CCCC1CCN(c2ncccc2[C@H](C)O)C1. The normalized spacial score (nSPS) is 21.8. The van der Waals surface area contributed by atoms with Crippen molar-refractivity contribution < 1.29 is 5.11 Å². The van der Waals surface area contributed by atoms with Crippen molar-refractivity contribution >= 4 is 5.82 Å². The minimum absolute atomic E-state index is 0.441. The second kappa shape index (κ2) is 5.50. The number of hydrogen-bond donors (Lipinski definition) is 1. The third-order valence-electron chi connectivity index (χ3n) is 3.55. The van der Waals surface area contributed by atoms with Gasteiger partial charge in [0.25, 0.3) is 0 Å². The van der Waals surface area contributed by atoms with Crippen LogP contribution in [0.2, 0.25) is 0 Å². The molecule has 0 saturated carbocycles. The molecule has 0 aromatic carbocycles. The second-order valence-corrected chi connectivity index (χ2v) is 4.98. The third kappa shape index (κ3) is 2.78. The number of aliphatic hydroxyl groups excluding tert-OH is 1. The van der Waals surface area contributed by atoms with Crippen LogP contribution in [-0.2, 0) is 0 Å². The summed E-state index contributed by atoms with van der Waals surface area (Å²) in [5.41, 5.74) is 0.949. The van der Waals surface area contributed by atoms with Crippen molar-refractivity contribution in [2.75, 3.05) is 18.0 Å². The molecular weight excluding hydrogens is 212 g/mol. The van der Waals surface area contributed by atoms with Crippen molar-refractivity contribution in [3.8, 4) is 0 Å². The van der Waals surface area contributed by atoms with E-state index in [9.17, 15) is 5.11 Å². The van der Waals surface area contributed by atoms with Crippen LogP contribution in [0.15, 0.2) is 18.3 Å². The van der Waals surface area contributed by atoms with Gasteiger partial charge >= 0.3 is 0 Å². The molecule has 1 aromatic rings. The number of hydrogen-bond acceptors (Lipinski definition) is 3. The Morgan fingerprint density at radius 3 is 3.12 bits per heavy atom. The Morgan fingerprint density at radius 2 is 2.41 bits per heavy atom. The van der Waals surface area contributed by atoms with Crippen molar-refractivity contribution in [3.05, 3.63) is 23.9 Å². The lowest BCUT2D eigenvalue weighted by Gasteiger charge is -2.21. The number of rotatable bonds is 4. The first-order valence-electron chi connectivity index (χ1n) is 6.60. The van der Waals surface area contributed by atoms with Crippen LogP contribution >= 0.6 is 0 Å². The van der Waals surface area contributed by atoms with Gasteiger partial charge in [0.15, 0.2) is 0 Å². The fourth-order valence-corrected chi connectivity index (χ4v) is 2.67. The summed E-state index contributed by atoms with van der Waals surface area (Å²) in [5, 5.41) is 9.77. The van der Waals surface area contributed by atoms with Crippen LogP contribution in [0, 0.1) is 5.92 Å². The minimum atomic E-state index is -0.441. The van der Waals surface area contributed by atoms with E-state index < -0.39 is 6.10 Å². The van der Waals surface area contributed by atoms with Crippen LogP contribution < -0.4 is 4.90 Å². The lowest BCUT2D eigenvalue weighted by atomic mass is 10.0. The molecule has 0 spiro atoms. The van der Waals surface area contributed by atoms with E-state index >= 15 is 0 Å². The van der Waals surface area contributed by atoms with Gasteiger partial charge in [0.2, 0.25) is 0 Å². The maximum atomic E-state index is 9.77. The standard InChI is InChI=1S/C14H22N2O/c1-3-5-12-7-9-16(10-12)14-13(11(2)17)6-4-8-15-14/h4,6,8,11-12,17H,3,5,7,9-10H2,1-2H3/t11-,12?/m0/s1. The topological polar surface area (TPSA) is 36.4 Å². The van der Waals surface area contributed by atoms with E-state index in [0.717, 1.165) is 30.4 Å². The van der Waals surface area contributed by atoms with Crippen molar-refractivity contribution in [2.45, 2.75) is 39.2 Å². The van der Waals surface area contributed by atoms with Crippen LogP contribution in [0.4, 0.5) is 5.82 Å². The number of nitrogens with zero attached hydrogens (tertiary/aromatic N) is 2. The highest BCUT2D eigenvalue weighted by atomic mass is 16.3. The maximum Gasteiger partial charge on any atom is 0.134 e. The summed E-state index contributed by atoms with van der Waals surface area (Å²) in [5.74, 6) is 1.77. The molecule has 0 radical (unpaired) electrons. The zero-order valence-corrected chi connectivity index (χ0v) is 10.8. The van der Waals surface area contributed by atoms with Crippen molar-refractivity contribution in [1.82, 2.24) is 4.98 Å². The van der Waals surface area contributed by atoms with Gasteiger partial charge in [-0.25, -0.2) is 4.98 Å². The first-order chi connectivity index (χ1) is 8.22. The Morgan fingerprint density at radius 1 is 1.59 bits per heavy atom. The summed E-state index contributed by atoms with van der Waals surface area (Å²) < 4.78 is 0. The lowest BCUT2D eigenvalue weighted by Crippen LogP contribution is -2.22. The zero-order valence-electron chi connectivity index (χ0n) is 10.8. The third-order valence-corrected chi connectivity index (χ3v) is 3.55. The van der Waals surface area contributed by atoms with E-state index in [2.05, 4.69) is 16.8 Å². The van der Waals surface area contributed by atoms with Gasteiger partial charge in [0, 0.05) is 24.8 Å². The summed E-state index contributed by atoms with van der Waals surface area (Å²) in [4.78, 5) is 6.76. The predicted octanol–water partition coefficient (Wildman–Crippen LogP) is 2.76. The first kappa shape index (κ1) is 12.4. The number of anilines is 1. The number of aliphatic hydroxyl groups is 1. The average Bonchev–Trinajstić information content (AvgIpc) is 2.78. The molecule has 1 aliphatic rings. The molecule has 2 heterocycles. The molecule has 2 rings (SSSR count). The summed E-state index contributed by atoms with van der Waals surface area (Å²) in [7, 11) is 0. The molecule has 1 saturated heterocycles. The fourth-order valence-electron chi connectivity index (χ4n) is 2.67. The van der Waals surface area contributed by atoms with Crippen LogP contribution in [-0.4, -0.2) is 23.2 Å². The zero-order chi connectivity index (χ0) is 12.3. The molecule has 0 amide bonds. The summed E-state index contributed by atoms with van der Waals surface area (Å²) in [6, 6.07) is 3.87. The molecule has 1 fully saturated rings. The Hall–Kier alpha value is -1.09. The summed E-state index contributed by atoms with van der Waals surface area (Å²) >= 11 is 0. The van der Waals surface area contributed by atoms with Gasteiger partial charge in [-0.2, -0.15) is 0 Å². The van der Waals surface area contributed by atoms with E-state index in [1.807, 2.05) is 18.3 Å². The van der Waals surface area contributed by atoms with Gasteiger partial charge in [0.05, 0.1) is 6.10 Å². The molecule has 0 aliphatic carbocycles. The quantitative estimate of drug-likeness (QED) is 0.870. The highest BCUT2D eigenvalue weighted by molar-refractivity contribution is 5.48. The van der Waals surface area contributed by atoms with Gasteiger partial charge in [0.1, 0.15) is 5.82 Å². The molecule has 17 heavy (non-hydrogen) atoms. The average molecular weight is 234 g/mol. The Kier molecular flexibility index (Phi) is 4.00. The van der Waals surface area contributed by atoms with E-state index in [1.165, 1.54) is 19.3 Å². The fraction of sp³-hybridized carbons (Fsp3) is 0.643.